The van der Waals surface area contributed by atoms with E-state index in [1.165, 1.54) is 0 Å². The van der Waals surface area contributed by atoms with Gasteiger partial charge in [0.05, 0.1) is 6.04 Å². The van der Waals surface area contributed by atoms with Gasteiger partial charge in [-0.25, -0.2) is 0 Å². The summed E-state index contributed by atoms with van der Waals surface area (Å²) in [6, 6.07) is 16.3. The van der Waals surface area contributed by atoms with Crippen molar-refractivity contribution in [3.05, 3.63) is 70.7 Å². The molecule has 2 bridgehead atoms. The minimum absolute atomic E-state index is 0.00587. The first-order valence-corrected chi connectivity index (χ1v) is 8.92. The molecule has 1 saturated heterocycles. The van der Waals surface area contributed by atoms with Gasteiger partial charge in [-0.05, 0) is 49.1 Å². The Morgan fingerprint density at radius 3 is 2.48 bits per heavy atom. The number of fused-ring (bicyclic) bond motifs is 2. The number of hydrogen-bond donors (Lipinski definition) is 1. The molecule has 2 fully saturated rings. The summed E-state index contributed by atoms with van der Waals surface area (Å²) in [5.41, 5.74) is 1.26. The summed E-state index contributed by atoms with van der Waals surface area (Å²) in [5, 5.41) is 3.67. The second kappa shape index (κ2) is 6.52. The maximum atomic E-state index is 12.8. The summed E-state index contributed by atoms with van der Waals surface area (Å²) in [5.74, 6) is 0.371. The Hall–Kier alpha value is -2.33. The van der Waals surface area contributed by atoms with Gasteiger partial charge in [0.25, 0.3) is 11.8 Å². The molecule has 4 nitrogen and oxygen atoms in total. The molecule has 0 radical (unpaired) electrons. The molecule has 25 heavy (non-hydrogen) atoms. The van der Waals surface area contributed by atoms with Crippen molar-refractivity contribution < 1.29 is 9.59 Å². The molecule has 1 aliphatic carbocycles. The molecule has 2 aliphatic rings. The van der Waals surface area contributed by atoms with E-state index >= 15 is 0 Å². The van der Waals surface area contributed by atoms with E-state index in [9.17, 15) is 9.59 Å². The third-order valence-corrected chi connectivity index (χ3v) is 5.40. The molecule has 1 heterocycles. The average Bonchev–Trinajstić information content (AvgIpc) is 3.22. The van der Waals surface area contributed by atoms with Crippen molar-refractivity contribution in [1.82, 2.24) is 10.2 Å². The topological polar surface area (TPSA) is 49.4 Å². The van der Waals surface area contributed by atoms with Crippen molar-refractivity contribution in [2.45, 2.75) is 24.9 Å². The molecule has 1 N–H and O–H groups in total. The van der Waals surface area contributed by atoms with Crippen LogP contribution >= 0.6 is 11.6 Å². The van der Waals surface area contributed by atoms with Crippen molar-refractivity contribution in [2.75, 3.05) is 6.54 Å². The molecule has 2 amide bonds. The van der Waals surface area contributed by atoms with E-state index in [0.29, 0.717) is 22.1 Å². The lowest BCUT2D eigenvalue weighted by atomic mass is 10.0. The molecule has 3 atom stereocenters. The molecular weight excluding hydrogens is 336 g/mol. The van der Waals surface area contributed by atoms with Crippen LogP contribution < -0.4 is 5.32 Å². The monoisotopic (exact) mass is 354 g/mol. The van der Waals surface area contributed by atoms with Gasteiger partial charge in [0.2, 0.25) is 0 Å². The molecule has 0 aromatic heterocycles. The molecule has 2 aromatic rings. The average molecular weight is 355 g/mol. The smallest absolute Gasteiger partial charge is 0.254 e. The second-order valence-electron chi connectivity index (χ2n) is 6.82. The van der Waals surface area contributed by atoms with Crippen LogP contribution in [0.15, 0.2) is 54.6 Å². The van der Waals surface area contributed by atoms with E-state index in [1.807, 2.05) is 23.1 Å². The number of amides is 2. The Morgan fingerprint density at radius 1 is 1.00 bits per heavy atom. The van der Waals surface area contributed by atoms with Gasteiger partial charge in [-0.15, -0.1) is 0 Å². The van der Waals surface area contributed by atoms with Crippen LogP contribution in [0.3, 0.4) is 0 Å². The molecule has 0 unspecified atom stereocenters. The highest BCUT2D eigenvalue weighted by Crippen LogP contribution is 2.38. The van der Waals surface area contributed by atoms with Crippen molar-refractivity contribution in [3.63, 3.8) is 0 Å². The lowest BCUT2D eigenvalue weighted by Gasteiger charge is -2.33. The maximum absolute atomic E-state index is 12.8. The molecule has 2 aromatic carbocycles. The van der Waals surface area contributed by atoms with Crippen LogP contribution in [0.4, 0.5) is 0 Å². The van der Waals surface area contributed by atoms with Gasteiger partial charge in [-0.3, -0.25) is 9.59 Å². The third-order valence-electron chi connectivity index (χ3n) is 5.17. The standard InChI is InChI=1S/C20H19ClN2O2/c21-16-8-4-7-15(11-16)20(25)23-12-13-9-17(18(23)10-13)22-19(24)14-5-2-1-3-6-14/h1-8,11,13,17-18H,9-10,12H2,(H,22,24)/t13-,17+,18-/m1/s1. The van der Waals surface area contributed by atoms with Crippen molar-refractivity contribution in [2.24, 2.45) is 5.92 Å². The number of hydrogen-bond acceptors (Lipinski definition) is 2. The van der Waals surface area contributed by atoms with Crippen molar-refractivity contribution in [1.29, 1.82) is 0 Å². The van der Waals surface area contributed by atoms with Gasteiger partial charge in [-0.2, -0.15) is 0 Å². The van der Waals surface area contributed by atoms with E-state index in [-0.39, 0.29) is 23.9 Å². The van der Waals surface area contributed by atoms with Gasteiger partial charge in [0.15, 0.2) is 0 Å². The third kappa shape index (κ3) is 3.14. The Balaban J connectivity index is 1.48. The van der Waals surface area contributed by atoms with E-state index < -0.39 is 0 Å². The fourth-order valence-electron chi connectivity index (χ4n) is 4.04. The number of benzene rings is 2. The number of carbonyl (C=O) groups is 2. The van der Waals surface area contributed by atoms with Gasteiger partial charge in [0.1, 0.15) is 0 Å². The molecule has 1 aliphatic heterocycles. The summed E-state index contributed by atoms with van der Waals surface area (Å²) in [4.78, 5) is 27.2. The molecule has 0 spiro atoms. The first-order chi connectivity index (χ1) is 12.1. The van der Waals surface area contributed by atoms with Crippen molar-refractivity contribution >= 4 is 23.4 Å². The van der Waals surface area contributed by atoms with Crippen LogP contribution in [0.25, 0.3) is 0 Å². The first-order valence-electron chi connectivity index (χ1n) is 8.54. The Kier molecular flexibility index (Phi) is 4.22. The second-order valence-corrected chi connectivity index (χ2v) is 7.26. The summed E-state index contributed by atoms with van der Waals surface area (Å²) in [7, 11) is 0. The summed E-state index contributed by atoms with van der Waals surface area (Å²) < 4.78 is 0. The highest BCUT2D eigenvalue weighted by molar-refractivity contribution is 6.30. The maximum Gasteiger partial charge on any atom is 0.254 e. The Morgan fingerprint density at radius 2 is 1.76 bits per heavy atom. The quantitative estimate of drug-likeness (QED) is 0.918. The van der Waals surface area contributed by atoms with Crippen molar-refractivity contribution in [3.8, 4) is 0 Å². The number of likely N-dealkylation sites (tertiary alicyclic amines) is 1. The zero-order valence-corrected chi connectivity index (χ0v) is 14.4. The number of rotatable bonds is 3. The van der Waals surface area contributed by atoms with E-state index in [4.69, 9.17) is 11.6 Å². The van der Waals surface area contributed by atoms with E-state index in [2.05, 4.69) is 5.32 Å². The van der Waals surface area contributed by atoms with Gasteiger partial charge in [-0.1, -0.05) is 35.9 Å². The predicted octanol–water partition coefficient (Wildman–Crippen LogP) is 3.37. The number of nitrogens with one attached hydrogen (secondary N) is 1. The zero-order valence-electron chi connectivity index (χ0n) is 13.7. The molecule has 5 heteroatoms. The predicted molar refractivity (Wildman–Crippen MR) is 96.7 cm³/mol. The lowest BCUT2D eigenvalue weighted by molar-refractivity contribution is 0.0648. The number of halogens is 1. The minimum Gasteiger partial charge on any atom is -0.347 e. The molecule has 128 valence electrons. The summed E-state index contributed by atoms with van der Waals surface area (Å²) in [6.45, 7) is 0.758. The molecule has 1 saturated carbocycles. The highest BCUT2D eigenvalue weighted by Gasteiger charge is 2.47. The zero-order chi connectivity index (χ0) is 17.4. The first kappa shape index (κ1) is 16.2. The Labute approximate surface area is 151 Å². The summed E-state index contributed by atoms with van der Waals surface area (Å²) in [6.07, 6.45) is 1.88. The number of carbonyl (C=O) groups excluding carboxylic acids is 2. The van der Waals surface area contributed by atoms with Gasteiger partial charge >= 0.3 is 0 Å². The van der Waals surface area contributed by atoms with Crippen LogP contribution in [-0.4, -0.2) is 35.3 Å². The normalized spacial score (nSPS) is 24.4. The van der Waals surface area contributed by atoms with E-state index in [0.717, 1.165) is 19.4 Å². The lowest BCUT2D eigenvalue weighted by Crippen LogP contribution is -2.51. The minimum atomic E-state index is -0.0756. The van der Waals surface area contributed by atoms with Crippen LogP contribution in [-0.2, 0) is 0 Å². The molecular formula is C20H19ClN2O2. The van der Waals surface area contributed by atoms with Crippen LogP contribution in [0, 0.1) is 5.92 Å². The van der Waals surface area contributed by atoms with Gasteiger partial charge in [0, 0.05) is 28.7 Å². The molecule has 4 rings (SSSR count). The largest absolute Gasteiger partial charge is 0.347 e. The number of piperidine rings is 1. The number of nitrogens with zero attached hydrogens (tertiary/aromatic N) is 1. The highest BCUT2D eigenvalue weighted by atomic mass is 35.5. The van der Waals surface area contributed by atoms with Gasteiger partial charge < -0.3 is 10.2 Å². The van der Waals surface area contributed by atoms with Crippen LogP contribution in [0.5, 0.6) is 0 Å². The Bertz CT molecular complexity index is 808. The fraction of sp³-hybridized carbons (Fsp3) is 0.300. The van der Waals surface area contributed by atoms with Crippen LogP contribution in [0.2, 0.25) is 5.02 Å². The SMILES string of the molecule is O=C(N[C@H]1C[C@@H]2C[C@H]1N(C(=O)c1cccc(Cl)c1)C2)c1ccccc1. The van der Waals surface area contributed by atoms with E-state index in [1.54, 1.807) is 36.4 Å². The fourth-order valence-corrected chi connectivity index (χ4v) is 4.23. The summed E-state index contributed by atoms with van der Waals surface area (Å²) >= 11 is 6.01. The van der Waals surface area contributed by atoms with Crippen LogP contribution in [0.1, 0.15) is 33.6 Å².